The molecule has 0 bridgehead atoms. The third-order valence-corrected chi connectivity index (χ3v) is 5.86. The molecule has 2 aromatic carbocycles. The minimum Gasteiger partial charge on any atom is -0.325 e. The first-order valence-corrected chi connectivity index (χ1v) is 10.5. The molecule has 3 N–H and O–H groups in total. The van der Waals surface area contributed by atoms with E-state index in [1.807, 2.05) is 37.3 Å². The largest absolute Gasteiger partial charge is 0.325 e. The molecule has 0 fully saturated rings. The van der Waals surface area contributed by atoms with E-state index in [1.165, 1.54) is 11.3 Å². The van der Waals surface area contributed by atoms with E-state index in [4.69, 9.17) is 5.26 Å². The van der Waals surface area contributed by atoms with Gasteiger partial charge in [0.2, 0.25) is 11.8 Å². The predicted molar refractivity (Wildman–Crippen MR) is 121 cm³/mol. The van der Waals surface area contributed by atoms with Crippen molar-refractivity contribution in [1.29, 1.82) is 5.26 Å². The summed E-state index contributed by atoms with van der Waals surface area (Å²) >= 11 is 1.38. The highest BCUT2D eigenvalue weighted by molar-refractivity contribution is 7.18. The van der Waals surface area contributed by atoms with Crippen LogP contribution in [0.4, 0.5) is 11.5 Å². The molecule has 0 aliphatic heterocycles. The number of anilines is 2. The van der Waals surface area contributed by atoms with Crippen molar-refractivity contribution < 1.29 is 9.59 Å². The number of fused-ring (bicyclic) bond motifs is 1. The second-order valence-corrected chi connectivity index (χ2v) is 8.18. The summed E-state index contributed by atoms with van der Waals surface area (Å²) in [5, 5.41) is 22.7. The average molecular weight is 430 g/mol. The van der Waals surface area contributed by atoms with Crippen LogP contribution in [0.25, 0.3) is 10.2 Å². The van der Waals surface area contributed by atoms with Crippen molar-refractivity contribution in [2.75, 3.05) is 10.6 Å². The van der Waals surface area contributed by atoms with Gasteiger partial charge in [-0.2, -0.15) is 10.4 Å². The lowest BCUT2D eigenvalue weighted by Gasteiger charge is -2.06. The minimum atomic E-state index is -0.222. The molecule has 4 aromatic rings. The molecule has 0 aliphatic rings. The van der Waals surface area contributed by atoms with Gasteiger partial charge in [0.25, 0.3) is 0 Å². The van der Waals surface area contributed by atoms with Crippen LogP contribution >= 0.6 is 11.3 Å². The number of para-hydroxylation sites is 1. The number of thiophene rings is 1. The zero-order valence-corrected chi connectivity index (χ0v) is 17.5. The van der Waals surface area contributed by atoms with E-state index in [0.29, 0.717) is 21.9 Å². The minimum absolute atomic E-state index is 0.140. The van der Waals surface area contributed by atoms with E-state index in [-0.39, 0.29) is 24.7 Å². The summed E-state index contributed by atoms with van der Waals surface area (Å²) in [6, 6.07) is 18.5. The van der Waals surface area contributed by atoms with Gasteiger partial charge in [-0.1, -0.05) is 36.4 Å². The van der Waals surface area contributed by atoms with Crippen LogP contribution < -0.4 is 10.6 Å². The molecule has 0 unspecified atom stereocenters. The Morgan fingerprint density at radius 1 is 1.06 bits per heavy atom. The van der Waals surface area contributed by atoms with Crippen LogP contribution in [0.1, 0.15) is 21.6 Å². The van der Waals surface area contributed by atoms with Crippen molar-refractivity contribution in [3.63, 3.8) is 0 Å². The molecule has 8 heteroatoms. The van der Waals surface area contributed by atoms with Crippen molar-refractivity contribution in [1.82, 2.24) is 10.2 Å². The Labute approximate surface area is 182 Å². The van der Waals surface area contributed by atoms with Crippen molar-refractivity contribution in [2.45, 2.75) is 19.8 Å². The van der Waals surface area contributed by atoms with Gasteiger partial charge in [0.15, 0.2) is 0 Å². The maximum Gasteiger partial charge on any atom is 0.229 e. The first-order valence-electron chi connectivity index (χ1n) is 9.63. The highest BCUT2D eigenvalue weighted by Crippen LogP contribution is 2.30. The second kappa shape index (κ2) is 8.81. The third kappa shape index (κ3) is 4.63. The van der Waals surface area contributed by atoms with Gasteiger partial charge in [0, 0.05) is 4.88 Å². The number of hydrogen-bond acceptors (Lipinski definition) is 5. The number of benzene rings is 2. The van der Waals surface area contributed by atoms with Crippen LogP contribution in [0.2, 0.25) is 0 Å². The van der Waals surface area contributed by atoms with Gasteiger partial charge in [-0.25, -0.2) is 0 Å². The Morgan fingerprint density at radius 3 is 2.61 bits per heavy atom. The number of aromatic amines is 1. The molecule has 2 amide bonds. The summed E-state index contributed by atoms with van der Waals surface area (Å²) in [5.41, 5.74) is 2.93. The van der Waals surface area contributed by atoms with E-state index in [2.05, 4.69) is 26.9 Å². The van der Waals surface area contributed by atoms with Gasteiger partial charge >= 0.3 is 0 Å². The SMILES string of the molecule is Cc1ccccc1CC(=O)Nc1[nH]nc2sc(CC(=O)Nc3ccccc3C#N)cc12. The molecule has 0 radical (unpaired) electrons. The number of nitrogens with zero attached hydrogens (tertiary/aromatic N) is 2. The Hall–Kier alpha value is -3.96. The van der Waals surface area contributed by atoms with Crippen molar-refractivity contribution in [3.05, 3.63) is 76.2 Å². The molecule has 2 heterocycles. The van der Waals surface area contributed by atoms with E-state index in [1.54, 1.807) is 24.3 Å². The highest BCUT2D eigenvalue weighted by atomic mass is 32.1. The van der Waals surface area contributed by atoms with Crippen LogP contribution in [-0.2, 0) is 22.4 Å². The van der Waals surface area contributed by atoms with E-state index >= 15 is 0 Å². The van der Waals surface area contributed by atoms with E-state index in [9.17, 15) is 9.59 Å². The molecule has 154 valence electrons. The first-order chi connectivity index (χ1) is 15.0. The Kier molecular flexibility index (Phi) is 5.78. The fourth-order valence-corrected chi connectivity index (χ4v) is 4.24. The van der Waals surface area contributed by atoms with Crippen molar-refractivity contribution in [3.8, 4) is 6.07 Å². The van der Waals surface area contributed by atoms with Gasteiger partial charge in [0.1, 0.15) is 16.7 Å². The van der Waals surface area contributed by atoms with Crippen LogP contribution in [0, 0.1) is 18.3 Å². The van der Waals surface area contributed by atoms with Crippen LogP contribution in [0.15, 0.2) is 54.6 Å². The molecule has 0 saturated heterocycles. The van der Waals surface area contributed by atoms with Crippen LogP contribution in [0.3, 0.4) is 0 Å². The number of rotatable bonds is 6. The molecule has 7 nitrogen and oxygen atoms in total. The van der Waals surface area contributed by atoms with Gasteiger partial charge in [-0.05, 0) is 36.2 Å². The number of amides is 2. The molecule has 0 aliphatic carbocycles. The summed E-state index contributed by atoms with van der Waals surface area (Å²) in [6.45, 7) is 1.97. The van der Waals surface area contributed by atoms with Crippen molar-refractivity contribution >= 4 is 44.9 Å². The molecular weight excluding hydrogens is 410 g/mol. The number of aryl methyl sites for hydroxylation is 1. The maximum absolute atomic E-state index is 12.5. The summed E-state index contributed by atoms with van der Waals surface area (Å²) in [6.07, 6.45) is 0.419. The fourth-order valence-electron chi connectivity index (χ4n) is 3.25. The van der Waals surface area contributed by atoms with Gasteiger partial charge in [-0.15, -0.1) is 11.3 Å². The zero-order chi connectivity index (χ0) is 21.8. The number of carbonyl (C=O) groups is 2. The number of nitrogens with one attached hydrogen (secondary N) is 3. The highest BCUT2D eigenvalue weighted by Gasteiger charge is 2.15. The molecule has 2 aromatic heterocycles. The molecule has 0 atom stereocenters. The lowest BCUT2D eigenvalue weighted by molar-refractivity contribution is -0.116. The van der Waals surface area contributed by atoms with Gasteiger partial charge < -0.3 is 10.6 Å². The molecule has 4 rings (SSSR count). The Bertz CT molecular complexity index is 1320. The number of hydrogen-bond donors (Lipinski definition) is 3. The van der Waals surface area contributed by atoms with Crippen LogP contribution in [0.5, 0.6) is 0 Å². The fraction of sp³-hybridized carbons (Fsp3) is 0.130. The lowest BCUT2D eigenvalue weighted by atomic mass is 10.1. The quantitative estimate of drug-likeness (QED) is 0.427. The first kappa shape index (κ1) is 20.3. The number of aromatic nitrogens is 2. The van der Waals surface area contributed by atoms with Crippen molar-refractivity contribution in [2.24, 2.45) is 0 Å². The number of nitriles is 1. The molecule has 0 spiro atoms. The summed E-state index contributed by atoms with van der Waals surface area (Å²) in [7, 11) is 0. The maximum atomic E-state index is 12.5. The Morgan fingerprint density at radius 2 is 1.81 bits per heavy atom. The number of carbonyl (C=O) groups excluding carboxylic acids is 2. The Balaban J connectivity index is 1.44. The van der Waals surface area contributed by atoms with Gasteiger partial charge in [-0.3, -0.25) is 14.7 Å². The summed E-state index contributed by atoms with van der Waals surface area (Å²) < 4.78 is 0. The molecule has 0 saturated carbocycles. The lowest BCUT2D eigenvalue weighted by Crippen LogP contribution is -2.15. The zero-order valence-electron chi connectivity index (χ0n) is 16.7. The third-order valence-electron chi connectivity index (χ3n) is 4.84. The summed E-state index contributed by atoms with van der Waals surface area (Å²) in [5.74, 6) is 0.158. The number of H-pyrrole nitrogens is 1. The monoisotopic (exact) mass is 429 g/mol. The predicted octanol–water partition coefficient (Wildman–Crippen LogP) is 4.17. The molecule has 31 heavy (non-hydrogen) atoms. The van der Waals surface area contributed by atoms with E-state index in [0.717, 1.165) is 21.4 Å². The molecular formula is C23H19N5O2S. The standard InChI is InChI=1S/C23H19N5O2S/c1-14-6-2-3-7-15(14)10-20(29)26-22-18-11-17(31-23(18)28-27-22)12-21(30)25-19-9-5-4-8-16(19)13-24/h2-9,11H,10,12H2,1H3,(H,25,30)(H2,26,27,28,29). The summed E-state index contributed by atoms with van der Waals surface area (Å²) in [4.78, 5) is 26.4. The average Bonchev–Trinajstić information content (AvgIpc) is 3.31. The van der Waals surface area contributed by atoms with E-state index < -0.39 is 0 Å². The second-order valence-electron chi connectivity index (χ2n) is 7.06. The topological polar surface area (TPSA) is 111 Å². The smallest absolute Gasteiger partial charge is 0.229 e. The normalized spacial score (nSPS) is 10.6. The van der Waals surface area contributed by atoms with Gasteiger partial charge in [0.05, 0.1) is 29.5 Å². The van der Waals surface area contributed by atoms with Crippen LogP contribution in [-0.4, -0.2) is 22.0 Å².